The minimum absolute atomic E-state index is 0.224. The van der Waals surface area contributed by atoms with Crippen molar-refractivity contribution in [2.75, 3.05) is 20.1 Å². The van der Waals surface area contributed by atoms with Crippen LogP contribution < -0.4 is 16.2 Å². The van der Waals surface area contributed by atoms with E-state index < -0.39 is 6.36 Å². The molecular weight excluding hydrogens is 481 g/mol. The summed E-state index contributed by atoms with van der Waals surface area (Å²) in [7, 11) is 2.15. The predicted molar refractivity (Wildman–Crippen MR) is 141 cm³/mol. The Morgan fingerprint density at radius 3 is 2.30 bits per heavy atom. The van der Waals surface area contributed by atoms with Crippen molar-refractivity contribution >= 4 is 17.7 Å². The fraction of sp³-hybridized carbons (Fsp3) is 0.296. The predicted octanol–water partition coefficient (Wildman–Crippen LogP) is 4.67. The van der Waals surface area contributed by atoms with E-state index in [4.69, 9.17) is 11.5 Å². The fourth-order valence-electron chi connectivity index (χ4n) is 3.96. The first-order chi connectivity index (χ1) is 17.6. The Labute approximate surface area is 214 Å². The van der Waals surface area contributed by atoms with Gasteiger partial charge in [-0.15, -0.1) is 13.2 Å². The topological polar surface area (TPSA) is 102 Å². The molecule has 0 radical (unpaired) electrons. The molecule has 4 N–H and O–H groups in total. The average molecular weight is 513 g/mol. The molecule has 0 saturated carbocycles. The van der Waals surface area contributed by atoms with Crippen LogP contribution in [0.4, 0.5) is 13.2 Å². The molecular formula is C27H31F3N6O. The van der Waals surface area contributed by atoms with Crippen LogP contribution in [-0.4, -0.2) is 48.1 Å². The van der Waals surface area contributed by atoms with E-state index in [-0.39, 0.29) is 5.75 Å². The quantitative estimate of drug-likeness (QED) is 0.586. The van der Waals surface area contributed by atoms with E-state index in [1.54, 1.807) is 6.20 Å². The highest BCUT2D eigenvalue weighted by Gasteiger charge is 2.31. The van der Waals surface area contributed by atoms with Gasteiger partial charge in [0.2, 0.25) is 0 Å². The fourth-order valence-corrected chi connectivity index (χ4v) is 3.96. The van der Waals surface area contributed by atoms with Crippen LogP contribution in [0.2, 0.25) is 0 Å². The van der Waals surface area contributed by atoms with Crippen molar-refractivity contribution in [3.63, 3.8) is 0 Å². The summed E-state index contributed by atoms with van der Waals surface area (Å²) < 4.78 is 38.7. The molecule has 0 unspecified atom stereocenters. The molecule has 1 aromatic heterocycles. The molecule has 1 saturated heterocycles. The number of likely N-dealkylation sites (tertiary alicyclic amines) is 1. The smallest absolute Gasteiger partial charge is 0.406 e. The minimum Gasteiger partial charge on any atom is -0.406 e. The molecule has 37 heavy (non-hydrogen) atoms. The summed E-state index contributed by atoms with van der Waals surface area (Å²) in [6.45, 7) is 10.0. The summed E-state index contributed by atoms with van der Waals surface area (Å²) >= 11 is 0. The molecule has 0 bridgehead atoms. The van der Waals surface area contributed by atoms with Gasteiger partial charge < -0.3 is 21.1 Å². The largest absolute Gasteiger partial charge is 0.573 e. The Balaban J connectivity index is 0.000000248. The van der Waals surface area contributed by atoms with Crippen molar-refractivity contribution in [3.05, 3.63) is 89.9 Å². The second kappa shape index (κ2) is 12.5. The second-order valence-corrected chi connectivity index (χ2v) is 8.58. The molecule has 2 aromatic rings. The van der Waals surface area contributed by atoms with Crippen LogP contribution in [0.25, 0.3) is 6.08 Å². The zero-order valence-electron chi connectivity index (χ0n) is 20.7. The number of aromatic nitrogens is 1. The van der Waals surface area contributed by atoms with Crippen LogP contribution in [-0.2, 0) is 6.54 Å². The van der Waals surface area contributed by atoms with Gasteiger partial charge in [0.05, 0.1) is 5.69 Å². The Hall–Kier alpha value is -3.76. The molecule has 0 aliphatic carbocycles. The summed E-state index contributed by atoms with van der Waals surface area (Å²) in [5.74, 6) is 1.27. The summed E-state index contributed by atoms with van der Waals surface area (Å²) in [5.41, 5.74) is 16.0. The maximum Gasteiger partial charge on any atom is 0.573 e. The molecule has 3 heterocycles. The van der Waals surface area contributed by atoms with Crippen LogP contribution >= 0.6 is 0 Å². The highest BCUT2D eigenvalue weighted by atomic mass is 19.4. The zero-order valence-corrected chi connectivity index (χ0v) is 20.7. The number of ether oxygens (including phenoxy) is 1. The monoisotopic (exact) mass is 512 g/mol. The molecule has 2 aliphatic rings. The van der Waals surface area contributed by atoms with Gasteiger partial charge in [-0.25, -0.2) is 9.98 Å². The van der Waals surface area contributed by atoms with E-state index in [9.17, 15) is 13.2 Å². The van der Waals surface area contributed by atoms with Gasteiger partial charge in [-0.3, -0.25) is 4.98 Å². The number of nitrogens with zero attached hydrogens (tertiary/aromatic N) is 4. The van der Waals surface area contributed by atoms with Crippen LogP contribution in [0.5, 0.6) is 5.75 Å². The van der Waals surface area contributed by atoms with Gasteiger partial charge in [-0.2, -0.15) is 0 Å². The lowest BCUT2D eigenvalue weighted by molar-refractivity contribution is -0.274. The van der Waals surface area contributed by atoms with Crippen LogP contribution in [0, 0.1) is 5.92 Å². The maximum atomic E-state index is 11.7. The number of hydrogen-bond acceptors (Lipinski definition) is 7. The summed E-state index contributed by atoms with van der Waals surface area (Å²) in [6.07, 6.45) is 2.71. The van der Waals surface area contributed by atoms with Gasteiger partial charge in [0.25, 0.3) is 0 Å². The zero-order chi connectivity index (χ0) is 27.0. The van der Waals surface area contributed by atoms with Gasteiger partial charge in [-0.1, -0.05) is 37.4 Å². The van der Waals surface area contributed by atoms with Gasteiger partial charge >= 0.3 is 6.36 Å². The molecule has 0 atom stereocenters. The molecule has 2 aliphatic heterocycles. The maximum absolute atomic E-state index is 11.7. The van der Waals surface area contributed by atoms with Crippen molar-refractivity contribution in [1.82, 2.24) is 9.88 Å². The van der Waals surface area contributed by atoms with E-state index in [0.29, 0.717) is 24.1 Å². The number of benzene rings is 1. The van der Waals surface area contributed by atoms with Crippen LogP contribution in [0.3, 0.4) is 0 Å². The number of rotatable bonds is 6. The number of pyridine rings is 1. The first-order valence-corrected chi connectivity index (χ1v) is 11.8. The SMILES string of the molecule is C=C/C(=C1/N=C(c2ccc(CN)nc2)N=C1N)C1CCN(C)CC1.C=Cc1ccc(OC(F)(F)F)cc1. The molecule has 196 valence electrons. The molecule has 1 fully saturated rings. The van der Waals surface area contributed by atoms with Crippen LogP contribution in [0.15, 0.2) is 83.1 Å². The van der Waals surface area contributed by atoms with Crippen LogP contribution in [0.1, 0.15) is 29.7 Å². The van der Waals surface area contributed by atoms with Gasteiger partial charge in [0.1, 0.15) is 11.4 Å². The molecule has 0 spiro atoms. The van der Waals surface area contributed by atoms with Crippen molar-refractivity contribution < 1.29 is 17.9 Å². The molecule has 1 aromatic carbocycles. The van der Waals surface area contributed by atoms with E-state index in [2.05, 4.69) is 44.8 Å². The highest BCUT2D eigenvalue weighted by molar-refractivity contribution is 6.17. The van der Waals surface area contributed by atoms with E-state index in [0.717, 1.165) is 54.0 Å². The van der Waals surface area contributed by atoms with Gasteiger partial charge in [0, 0.05) is 18.3 Å². The van der Waals surface area contributed by atoms with E-state index in [1.807, 2.05) is 18.2 Å². The molecule has 0 amide bonds. The van der Waals surface area contributed by atoms with Crippen molar-refractivity contribution in [3.8, 4) is 5.75 Å². The lowest BCUT2D eigenvalue weighted by atomic mass is 9.88. The number of halogens is 3. The summed E-state index contributed by atoms with van der Waals surface area (Å²) in [4.78, 5) is 15.7. The lowest BCUT2D eigenvalue weighted by Crippen LogP contribution is -2.31. The summed E-state index contributed by atoms with van der Waals surface area (Å²) in [5, 5.41) is 0. The third kappa shape index (κ3) is 7.86. The van der Waals surface area contributed by atoms with Gasteiger partial charge in [0.15, 0.2) is 11.7 Å². The first kappa shape index (κ1) is 27.8. The van der Waals surface area contributed by atoms with Crippen molar-refractivity contribution in [2.24, 2.45) is 27.4 Å². The Bertz CT molecular complexity index is 1180. The number of hydrogen-bond donors (Lipinski definition) is 2. The molecule has 4 rings (SSSR count). The molecule has 7 nitrogen and oxygen atoms in total. The second-order valence-electron chi connectivity index (χ2n) is 8.58. The number of nitrogens with two attached hydrogens (primary N) is 2. The van der Waals surface area contributed by atoms with Gasteiger partial charge in [-0.05, 0) is 74.3 Å². The number of aliphatic imine (C=N–C) groups is 2. The van der Waals surface area contributed by atoms with Crippen molar-refractivity contribution in [1.29, 1.82) is 0 Å². The number of amidine groups is 2. The number of alkyl halides is 3. The van der Waals surface area contributed by atoms with E-state index in [1.165, 1.54) is 30.3 Å². The number of piperidine rings is 1. The minimum atomic E-state index is -4.63. The normalized spacial score (nSPS) is 17.8. The first-order valence-electron chi connectivity index (χ1n) is 11.8. The third-order valence-corrected chi connectivity index (χ3v) is 5.98. The third-order valence-electron chi connectivity index (χ3n) is 5.98. The number of allylic oxidation sites excluding steroid dienone is 2. The summed E-state index contributed by atoms with van der Waals surface area (Å²) in [6, 6.07) is 9.28. The average Bonchev–Trinajstić information content (AvgIpc) is 3.27. The highest BCUT2D eigenvalue weighted by Crippen LogP contribution is 2.30. The Morgan fingerprint density at radius 2 is 1.78 bits per heavy atom. The molecule has 10 heteroatoms. The Kier molecular flexibility index (Phi) is 9.37. The van der Waals surface area contributed by atoms with Crippen molar-refractivity contribution in [2.45, 2.75) is 25.7 Å². The lowest BCUT2D eigenvalue weighted by Gasteiger charge is -2.30. The standard InChI is InChI=1S/C18H24N6.C9H7F3O/c1-3-15(12-6-8-24(2)9-7-12)16-17(20)23-18(22-16)13-4-5-14(10-19)21-11-13;1-2-7-3-5-8(6-4-7)13-9(10,11)12/h3-5,11-12H,1,6-10,19H2,2H3,(H2,20,22,23);2-6H,1H2/b16-15-;. The Morgan fingerprint density at radius 1 is 1.11 bits per heavy atom. The van der Waals surface area contributed by atoms with E-state index >= 15 is 0 Å².